The van der Waals surface area contributed by atoms with E-state index < -0.39 is 0 Å². The molecule has 0 spiro atoms. The number of rotatable bonds is 1. The van der Waals surface area contributed by atoms with E-state index in [9.17, 15) is 0 Å². The van der Waals surface area contributed by atoms with Crippen molar-refractivity contribution in [3.05, 3.63) is 48.6 Å². The molecule has 5 heteroatoms. The number of amidine groups is 1. The van der Waals surface area contributed by atoms with Crippen LogP contribution in [-0.4, -0.2) is 25.7 Å². The summed E-state index contributed by atoms with van der Waals surface area (Å²) in [7, 11) is 0. The van der Waals surface area contributed by atoms with Gasteiger partial charge in [-0.2, -0.15) is 0 Å². The van der Waals surface area contributed by atoms with Crippen molar-refractivity contribution in [3.8, 4) is 0 Å². The Kier molecular flexibility index (Phi) is 2.89. The van der Waals surface area contributed by atoms with Gasteiger partial charge >= 0.3 is 0 Å². The second-order valence-corrected chi connectivity index (χ2v) is 5.43. The Hall–Kier alpha value is -2.43. The van der Waals surface area contributed by atoms with Crippen LogP contribution in [0.5, 0.6) is 0 Å². The zero-order valence-electron chi connectivity index (χ0n) is 11.8. The molecule has 3 rings (SSSR count). The number of nitrogens with zero attached hydrogens (tertiary/aromatic N) is 4. The smallest absolute Gasteiger partial charge is 0.180 e. The number of anilines is 1. The summed E-state index contributed by atoms with van der Waals surface area (Å²) in [5.74, 6) is 1.49. The molecular weight excluding hydrogens is 250 g/mol. The lowest BCUT2D eigenvalue weighted by Gasteiger charge is -2.16. The van der Waals surface area contributed by atoms with Gasteiger partial charge in [0.25, 0.3) is 0 Å². The van der Waals surface area contributed by atoms with Gasteiger partial charge in [-0.25, -0.2) is 9.97 Å². The first-order valence-electron chi connectivity index (χ1n) is 6.56. The highest BCUT2D eigenvalue weighted by atomic mass is 15.1. The average Bonchev–Trinajstić information content (AvgIpc) is 2.79. The standard InChI is InChI=1S/C15H17N5/c1-11-4-5-12(19-15(2,3)10-11)18-13-14-17-7-9-20(14)8-6-16-13/h4-10H,1-3H3,(H,16,18,19). The van der Waals surface area contributed by atoms with Gasteiger partial charge in [0.1, 0.15) is 5.84 Å². The minimum Gasteiger partial charge on any atom is -0.322 e. The van der Waals surface area contributed by atoms with Gasteiger partial charge < -0.3 is 9.72 Å². The van der Waals surface area contributed by atoms with Crippen LogP contribution in [0.25, 0.3) is 5.65 Å². The Morgan fingerprint density at radius 1 is 1.10 bits per heavy atom. The fourth-order valence-corrected chi connectivity index (χ4v) is 2.33. The predicted octanol–water partition coefficient (Wildman–Crippen LogP) is 2.83. The summed E-state index contributed by atoms with van der Waals surface area (Å²) in [6.45, 7) is 6.23. The third kappa shape index (κ3) is 2.47. The topological polar surface area (TPSA) is 54.6 Å². The van der Waals surface area contributed by atoms with Crippen molar-refractivity contribution >= 4 is 17.3 Å². The van der Waals surface area contributed by atoms with Crippen molar-refractivity contribution in [1.29, 1.82) is 0 Å². The number of aliphatic imine (C=N–C) groups is 1. The SMILES string of the molecule is CC1=CC(C)(C)N=C(Nc2nccn3ccnc23)C=C1. The summed E-state index contributed by atoms with van der Waals surface area (Å²) in [6, 6.07) is 0. The van der Waals surface area contributed by atoms with Crippen molar-refractivity contribution in [2.24, 2.45) is 4.99 Å². The molecule has 0 aromatic carbocycles. The van der Waals surface area contributed by atoms with Crippen LogP contribution < -0.4 is 5.32 Å². The summed E-state index contributed by atoms with van der Waals surface area (Å²) in [6.07, 6.45) is 13.4. The van der Waals surface area contributed by atoms with Crippen molar-refractivity contribution < 1.29 is 0 Å². The molecule has 0 saturated carbocycles. The predicted molar refractivity (Wildman–Crippen MR) is 81.0 cm³/mol. The highest BCUT2D eigenvalue weighted by Gasteiger charge is 2.16. The molecule has 0 radical (unpaired) electrons. The van der Waals surface area contributed by atoms with E-state index in [1.165, 1.54) is 5.57 Å². The largest absolute Gasteiger partial charge is 0.322 e. The quantitative estimate of drug-likeness (QED) is 0.864. The van der Waals surface area contributed by atoms with Crippen LogP contribution in [0.2, 0.25) is 0 Å². The molecule has 2 aromatic heterocycles. The molecule has 1 aliphatic heterocycles. The molecule has 0 unspecified atom stereocenters. The Morgan fingerprint density at radius 2 is 1.85 bits per heavy atom. The van der Waals surface area contributed by atoms with Gasteiger partial charge in [-0.1, -0.05) is 17.7 Å². The zero-order chi connectivity index (χ0) is 14.2. The maximum atomic E-state index is 4.71. The summed E-state index contributed by atoms with van der Waals surface area (Å²) >= 11 is 0. The third-order valence-electron chi connectivity index (χ3n) is 3.05. The van der Waals surface area contributed by atoms with Crippen LogP contribution >= 0.6 is 0 Å². The van der Waals surface area contributed by atoms with E-state index in [-0.39, 0.29) is 5.54 Å². The first-order chi connectivity index (χ1) is 9.53. The van der Waals surface area contributed by atoms with Crippen molar-refractivity contribution in [2.75, 3.05) is 5.32 Å². The van der Waals surface area contributed by atoms with Gasteiger partial charge in [-0.15, -0.1) is 0 Å². The molecular formula is C15H17N5. The second kappa shape index (κ2) is 4.59. The van der Waals surface area contributed by atoms with Crippen LogP contribution in [-0.2, 0) is 0 Å². The van der Waals surface area contributed by atoms with Crippen molar-refractivity contribution in [2.45, 2.75) is 26.3 Å². The van der Waals surface area contributed by atoms with E-state index in [1.807, 2.05) is 28.9 Å². The van der Waals surface area contributed by atoms with E-state index in [0.29, 0.717) is 5.82 Å². The molecule has 3 heterocycles. The summed E-state index contributed by atoms with van der Waals surface area (Å²) < 4.78 is 1.92. The van der Waals surface area contributed by atoms with E-state index in [2.05, 4.69) is 42.1 Å². The van der Waals surface area contributed by atoms with E-state index in [0.717, 1.165) is 11.5 Å². The molecule has 0 fully saturated rings. The fraction of sp³-hybridized carbons (Fsp3) is 0.267. The number of fused-ring (bicyclic) bond motifs is 1. The van der Waals surface area contributed by atoms with Crippen LogP contribution in [0, 0.1) is 0 Å². The average molecular weight is 267 g/mol. The Morgan fingerprint density at radius 3 is 2.65 bits per heavy atom. The normalized spacial score (nSPS) is 17.6. The maximum absolute atomic E-state index is 4.71. The van der Waals surface area contributed by atoms with Crippen LogP contribution in [0.1, 0.15) is 20.8 Å². The number of nitrogens with one attached hydrogen (secondary N) is 1. The van der Waals surface area contributed by atoms with Gasteiger partial charge in [0.2, 0.25) is 0 Å². The second-order valence-electron chi connectivity index (χ2n) is 5.43. The number of hydrogen-bond donors (Lipinski definition) is 1. The minimum absolute atomic E-state index is 0.240. The minimum atomic E-state index is -0.240. The summed E-state index contributed by atoms with van der Waals surface area (Å²) in [4.78, 5) is 13.4. The van der Waals surface area contributed by atoms with Crippen LogP contribution in [0.4, 0.5) is 5.82 Å². The van der Waals surface area contributed by atoms with E-state index in [1.54, 1.807) is 12.4 Å². The first kappa shape index (κ1) is 12.6. The molecule has 0 saturated heterocycles. The molecule has 2 aromatic rings. The van der Waals surface area contributed by atoms with Crippen molar-refractivity contribution in [1.82, 2.24) is 14.4 Å². The number of hydrogen-bond acceptors (Lipinski definition) is 4. The lowest BCUT2D eigenvalue weighted by molar-refractivity contribution is 0.656. The first-order valence-corrected chi connectivity index (χ1v) is 6.56. The lowest BCUT2D eigenvalue weighted by atomic mass is 10.0. The number of aromatic nitrogens is 3. The molecule has 1 N–H and O–H groups in total. The van der Waals surface area contributed by atoms with Gasteiger partial charge in [0.05, 0.1) is 5.54 Å². The monoisotopic (exact) mass is 267 g/mol. The highest BCUT2D eigenvalue weighted by Crippen LogP contribution is 2.19. The molecule has 20 heavy (non-hydrogen) atoms. The maximum Gasteiger partial charge on any atom is 0.180 e. The van der Waals surface area contributed by atoms with Gasteiger partial charge in [-0.05, 0) is 26.8 Å². The summed E-state index contributed by atoms with van der Waals surface area (Å²) in [5.41, 5.74) is 1.74. The summed E-state index contributed by atoms with van der Waals surface area (Å²) in [5, 5.41) is 3.26. The highest BCUT2D eigenvalue weighted by molar-refractivity contribution is 6.05. The Bertz CT molecular complexity index is 734. The molecule has 1 aliphatic rings. The van der Waals surface area contributed by atoms with E-state index >= 15 is 0 Å². The Labute approximate surface area is 117 Å². The molecule has 0 atom stereocenters. The van der Waals surface area contributed by atoms with Crippen LogP contribution in [0.3, 0.4) is 0 Å². The van der Waals surface area contributed by atoms with Gasteiger partial charge in [0.15, 0.2) is 11.5 Å². The number of allylic oxidation sites excluding steroid dienone is 2. The van der Waals surface area contributed by atoms with E-state index in [4.69, 9.17) is 4.99 Å². The van der Waals surface area contributed by atoms with Crippen LogP contribution in [0.15, 0.2) is 53.6 Å². The molecule has 0 aliphatic carbocycles. The zero-order valence-corrected chi connectivity index (χ0v) is 11.8. The molecule has 0 bridgehead atoms. The van der Waals surface area contributed by atoms with Crippen molar-refractivity contribution in [3.63, 3.8) is 0 Å². The fourth-order valence-electron chi connectivity index (χ4n) is 2.33. The molecule has 102 valence electrons. The number of imidazole rings is 1. The van der Waals surface area contributed by atoms with Gasteiger partial charge in [0, 0.05) is 24.8 Å². The molecule has 0 amide bonds. The van der Waals surface area contributed by atoms with Gasteiger partial charge in [-0.3, -0.25) is 4.99 Å². The Balaban J connectivity index is 1.97. The molecule has 5 nitrogen and oxygen atoms in total. The lowest BCUT2D eigenvalue weighted by Crippen LogP contribution is -2.19. The third-order valence-corrected chi connectivity index (χ3v) is 3.05.